The second-order valence-electron chi connectivity index (χ2n) is 4.37. The van der Waals surface area contributed by atoms with Gasteiger partial charge in [0.2, 0.25) is 0 Å². The van der Waals surface area contributed by atoms with Crippen molar-refractivity contribution in [1.29, 1.82) is 5.26 Å². The molecule has 0 saturated carbocycles. The van der Waals surface area contributed by atoms with Crippen molar-refractivity contribution in [2.45, 2.75) is 32.7 Å². The van der Waals surface area contributed by atoms with Gasteiger partial charge in [-0.1, -0.05) is 22.9 Å². The molecule has 6 heteroatoms. The lowest BCUT2D eigenvalue weighted by atomic mass is 10.1. The third-order valence-corrected chi connectivity index (χ3v) is 3.35. The van der Waals surface area contributed by atoms with Crippen LogP contribution in [0, 0.1) is 18.3 Å². The topological polar surface area (TPSA) is 74.2 Å². The van der Waals surface area contributed by atoms with Crippen LogP contribution in [-0.4, -0.2) is 19.2 Å². The highest BCUT2D eigenvalue weighted by Crippen LogP contribution is 2.31. The maximum Gasteiger partial charge on any atom is 0.319 e. The molecule has 1 rings (SSSR count). The van der Waals surface area contributed by atoms with E-state index in [1.807, 2.05) is 19.9 Å². The molecule has 0 radical (unpaired) electrons. The third-order valence-electron chi connectivity index (χ3n) is 2.89. The Morgan fingerprint density at radius 2 is 2.25 bits per heavy atom. The van der Waals surface area contributed by atoms with E-state index in [0.29, 0.717) is 24.3 Å². The van der Waals surface area contributed by atoms with E-state index >= 15 is 0 Å². The Balaban J connectivity index is 2.83. The van der Waals surface area contributed by atoms with Gasteiger partial charge in [0.05, 0.1) is 25.3 Å². The van der Waals surface area contributed by atoms with Crippen molar-refractivity contribution in [3.05, 3.63) is 22.2 Å². The number of halogens is 1. The SMILES string of the molecule is CC[C@H](CC#N)NC(=O)Nc1c(C)cc(Br)cc1OC. The van der Waals surface area contributed by atoms with E-state index in [1.165, 1.54) is 0 Å². The molecule has 1 aromatic rings. The minimum Gasteiger partial charge on any atom is -0.495 e. The molecular formula is C14H18BrN3O2. The molecule has 0 unspecified atom stereocenters. The molecule has 1 aromatic carbocycles. The van der Waals surface area contributed by atoms with Gasteiger partial charge in [-0.05, 0) is 31.0 Å². The molecule has 2 amide bonds. The maximum absolute atomic E-state index is 12.0. The molecule has 2 N–H and O–H groups in total. The zero-order valence-electron chi connectivity index (χ0n) is 11.8. The molecule has 0 aliphatic carbocycles. The summed E-state index contributed by atoms with van der Waals surface area (Å²) in [5.41, 5.74) is 1.51. The first-order valence-electron chi connectivity index (χ1n) is 6.30. The highest BCUT2D eigenvalue weighted by Gasteiger charge is 2.14. The molecule has 1 atom stereocenters. The largest absolute Gasteiger partial charge is 0.495 e. The minimum absolute atomic E-state index is 0.151. The second kappa shape index (κ2) is 7.75. The molecular weight excluding hydrogens is 322 g/mol. The normalized spacial score (nSPS) is 11.3. The van der Waals surface area contributed by atoms with Crippen LogP contribution in [-0.2, 0) is 0 Å². The zero-order chi connectivity index (χ0) is 15.1. The number of nitrogens with zero attached hydrogens (tertiary/aromatic N) is 1. The van der Waals surface area contributed by atoms with Gasteiger partial charge >= 0.3 is 6.03 Å². The molecule has 0 aliphatic heterocycles. The summed E-state index contributed by atoms with van der Waals surface area (Å²) in [4.78, 5) is 12.0. The lowest BCUT2D eigenvalue weighted by Crippen LogP contribution is -2.37. The highest BCUT2D eigenvalue weighted by atomic mass is 79.9. The fourth-order valence-electron chi connectivity index (χ4n) is 1.78. The highest BCUT2D eigenvalue weighted by molar-refractivity contribution is 9.10. The number of amides is 2. The summed E-state index contributed by atoms with van der Waals surface area (Å²) in [6.07, 6.45) is 0.998. The maximum atomic E-state index is 12.0. The number of nitrogens with one attached hydrogen (secondary N) is 2. The average Bonchev–Trinajstić information content (AvgIpc) is 2.40. The Kier molecular flexibility index (Phi) is 6.32. The summed E-state index contributed by atoms with van der Waals surface area (Å²) >= 11 is 3.38. The summed E-state index contributed by atoms with van der Waals surface area (Å²) in [5.74, 6) is 0.584. The predicted octanol–water partition coefficient (Wildman–Crippen LogP) is 3.58. The quantitative estimate of drug-likeness (QED) is 0.860. The molecule has 0 fully saturated rings. The van der Waals surface area contributed by atoms with Crippen LogP contribution in [0.4, 0.5) is 10.5 Å². The summed E-state index contributed by atoms with van der Waals surface area (Å²) in [5, 5.41) is 14.2. The predicted molar refractivity (Wildman–Crippen MR) is 81.9 cm³/mol. The summed E-state index contributed by atoms with van der Waals surface area (Å²) < 4.78 is 6.14. The molecule has 0 aliphatic rings. The number of hydrogen-bond acceptors (Lipinski definition) is 3. The molecule has 20 heavy (non-hydrogen) atoms. The van der Waals surface area contributed by atoms with Crippen LogP contribution in [0.25, 0.3) is 0 Å². The summed E-state index contributed by atoms with van der Waals surface area (Å²) in [6, 6.07) is 5.25. The molecule has 0 heterocycles. The number of carbonyl (C=O) groups excluding carboxylic acids is 1. The van der Waals surface area contributed by atoms with E-state index < -0.39 is 0 Å². The first-order chi connectivity index (χ1) is 9.51. The minimum atomic E-state index is -0.337. The summed E-state index contributed by atoms with van der Waals surface area (Å²) in [6.45, 7) is 3.81. The van der Waals surface area contributed by atoms with Crippen LogP contribution in [0.5, 0.6) is 5.75 Å². The number of anilines is 1. The monoisotopic (exact) mass is 339 g/mol. The Labute approximate surface area is 127 Å². The Morgan fingerprint density at radius 3 is 2.80 bits per heavy atom. The van der Waals surface area contributed by atoms with Crippen molar-refractivity contribution in [2.75, 3.05) is 12.4 Å². The fraction of sp³-hybridized carbons (Fsp3) is 0.429. The van der Waals surface area contributed by atoms with Gasteiger partial charge in [-0.15, -0.1) is 0 Å². The molecule has 0 saturated heterocycles. The van der Waals surface area contributed by atoms with Crippen molar-refractivity contribution >= 4 is 27.6 Å². The smallest absolute Gasteiger partial charge is 0.319 e. The van der Waals surface area contributed by atoms with Gasteiger partial charge in [0.1, 0.15) is 5.75 Å². The standard InChI is InChI=1S/C14H18BrN3O2/c1-4-11(5-6-16)17-14(19)18-13-9(2)7-10(15)8-12(13)20-3/h7-8,11H,4-5H2,1-3H3,(H2,17,18,19)/t11-/m1/s1. The number of rotatable bonds is 5. The Hall–Kier alpha value is -1.74. The lowest BCUT2D eigenvalue weighted by Gasteiger charge is -2.17. The van der Waals surface area contributed by atoms with Crippen molar-refractivity contribution in [2.24, 2.45) is 0 Å². The van der Waals surface area contributed by atoms with Crippen molar-refractivity contribution < 1.29 is 9.53 Å². The van der Waals surface area contributed by atoms with Gasteiger partial charge in [0.15, 0.2) is 0 Å². The van der Waals surface area contributed by atoms with Gasteiger partial charge in [0.25, 0.3) is 0 Å². The van der Waals surface area contributed by atoms with Crippen LogP contribution in [0.1, 0.15) is 25.3 Å². The molecule has 0 bridgehead atoms. The van der Waals surface area contributed by atoms with Crippen LogP contribution in [0.3, 0.4) is 0 Å². The van der Waals surface area contributed by atoms with Crippen LogP contribution in [0.15, 0.2) is 16.6 Å². The number of nitriles is 1. The van der Waals surface area contributed by atoms with Gasteiger partial charge in [-0.3, -0.25) is 0 Å². The van der Waals surface area contributed by atoms with Crippen LogP contribution < -0.4 is 15.4 Å². The van der Waals surface area contributed by atoms with E-state index in [9.17, 15) is 4.79 Å². The number of hydrogen-bond donors (Lipinski definition) is 2. The number of aryl methyl sites for hydroxylation is 1. The van der Waals surface area contributed by atoms with E-state index in [4.69, 9.17) is 10.00 Å². The van der Waals surface area contributed by atoms with Crippen molar-refractivity contribution in [3.8, 4) is 11.8 Å². The van der Waals surface area contributed by atoms with E-state index in [1.54, 1.807) is 13.2 Å². The van der Waals surface area contributed by atoms with Crippen molar-refractivity contribution in [1.82, 2.24) is 5.32 Å². The zero-order valence-corrected chi connectivity index (χ0v) is 13.4. The number of methoxy groups -OCH3 is 1. The second-order valence-corrected chi connectivity index (χ2v) is 5.28. The van der Waals surface area contributed by atoms with Gasteiger partial charge < -0.3 is 15.4 Å². The van der Waals surface area contributed by atoms with Gasteiger partial charge in [0, 0.05) is 10.5 Å². The summed E-state index contributed by atoms with van der Waals surface area (Å²) in [7, 11) is 1.55. The van der Waals surface area contributed by atoms with E-state index in [2.05, 4.69) is 32.6 Å². The Morgan fingerprint density at radius 1 is 1.55 bits per heavy atom. The Bertz CT molecular complexity index is 526. The van der Waals surface area contributed by atoms with Crippen LogP contribution in [0.2, 0.25) is 0 Å². The third kappa shape index (κ3) is 4.42. The first-order valence-corrected chi connectivity index (χ1v) is 7.09. The van der Waals surface area contributed by atoms with Gasteiger partial charge in [-0.2, -0.15) is 5.26 Å². The lowest BCUT2D eigenvalue weighted by molar-refractivity contribution is 0.248. The number of carbonyl (C=O) groups is 1. The first kappa shape index (κ1) is 16.3. The number of urea groups is 1. The number of ether oxygens (including phenoxy) is 1. The number of benzene rings is 1. The molecule has 0 spiro atoms. The average molecular weight is 340 g/mol. The van der Waals surface area contributed by atoms with E-state index in [-0.39, 0.29) is 12.1 Å². The van der Waals surface area contributed by atoms with Gasteiger partial charge in [-0.25, -0.2) is 4.79 Å². The van der Waals surface area contributed by atoms with Crippen LogP contribution >= 0.6 is 15.9 Å². The van der Waals surface area contributed by atoms with E-state index in [0.717, 1.165) is 10.0 Å². The fourth-order valence-corrected chi connectivity index (χ4v) is 2.33. The van der Waals surface area contributed by atoms with Crippen molar-refractivity contribution in [3.63, 3.8) is 0 Å². The molecule has 5 nitrogen and oxygen atoms in total. The molecule has 0 aromatic heterocycles. The molecule has 108 valence electrons.